The minimum atomic E-state index is 0.0332. The molecule has 0 aromatic carbocycles. The molecule has 5 heterocycles. The number of aryl methyl sites for hydroxylation is 2. The third-order valence-corrected chi connectivity index (χ3v) is 7.22. The van der Waals surface area contributed by atoms with E-state index in [0.717, 1.165) is 72.6 Å². The molecular formula is C22H27N6OP. The lowest BCUT2D eigenvalue weighted by Gasteiger charge is -2.37. The van der Waals surface area contributed by atoms with Gasteiger partial charge in [-0.05, 0) is 25.5 Å². The Morgan fingerprint density at radius 2 is 2.13 bits per heavy atom. The first-order valence-corrected chi connectivity index (χ1v) is 11.7. The van der Waals surface area contributed by atoms with E-state index in [1.54, 1.807) is 6.08 Å². The van der Waals surface area contributed by atoms with Crippen LogP contribution in [-0.2, 0) is 11.2 Å². The number of nitrogens with one attached hydrogen (secondary N) is 1. The Labute approximate surface area is 178 Å². The third kappa shape index (κ3) is 3.57. The van der Waals surface area contributed by atoms with Crippen LogP contribution in [0.3, 0.4) is 0 Å². The molecule has 1 N–H and O–H groups in total. The second-order valence-corrected chi connectivity index (χ2v) is 9.40. The van der Waals surface area contributed by atoms with Gasteiger partial charge in [-0.2, -0.15) is 5.10 Å². The zero-order chi connectivity index (χ0) is 20.7. The SMILES string of the molecule is CCCc1nc(C)cn2nc(C3=CC(=O)N4C=C(N5CCNCC5)C=CC4P3)cc12. The predicted molar refractivity (Wildman–Crippen MR) is 120 cm³/mol. The van der Waals surface area contributed by atoms with Gasteiger partial charge >= 0.3 is 0 Å². The summed E-state index contributed by atoms with van der Waals surface area (Å²) in [7, 11) is 0.472. The topological polar surface area (TPSA) is 65.8 Å². The molecule has 5 rings (SSSR count). The van der Waals surface area contributed by atoms with E-state index in [1.807, 2.05) is 28.7 Å². The highest BCUT2D eigenvalue weighted by molar-refractivity contribution is 7.51. The summed E-state index contributed by atoms with van der Waals surface area (Å²) in [5.41, 5.74) is 5.09. The van der Waals surface area contributed by atoms with E-state index in [-0.39, 0.29) is 11.7 Å². The summed E-state index contributed by atoms with van der Waals surface area (Å²) in [4.78, 5) is 21.9. The van der Waals surface area contributed by atoms with Crippen LogP contribution in [0, 0.1) is 6.92 Å². The Kier molecular flexibility index (Phi) is 5.17. The van der Waals surface area contributed by atoms with Gasteiger partial charge in [0.15, 0.2) is 0 Å². The summed E-state index contributed by atoms with van der Waals surface area (Å²) in [6.45, 7) is 8.07. The standard InChI is InChI=1S/C22H27N6OP/c1-3-4-17-19-11-18(25-28(19)13-15(2)24-17)20-12-21(29)27-14-16(5-6-22(27)30-20)26-9-7-23-8-10-26/h5-6,11-14,22-23,30H,3-4,7-10H2,1-2H3. The van der Waals surface area contributed by atoms with Crippen LogP contribution in [0.15, 0.2) is 42.4 Å². The average Bonchev–Trinajstić information content (AvgIpc) is 3.18. The van der Waals surface area contributed by atoms with Gasteiger partial charge in [-0.25, -0.2) is 4.52 Å². The minimum absolute atomic E-state index is 0.0332. The molecule has 30 heavy (non-hydrogen) atoms. The van der Waals surface area contributed by atoms with Crippen molar-refractivity contribution in [3.05, 3.63) is 59.5 Å². The number of hydrogen-bond donors (Lipinski definition) is 1. The van der Waals surface area contributed by atoms with Crippen molar-refractivity contribution >= 4 is 25.3 Å². The van der Waals surface area contributed by atoms with Crippen LogP contribution in [0.5, 0.6) is 0 Å². The van der Waals surface area contributed by atoms with Crippen LogP contribution in [0.4, 0.5) is 0 Å². The molecule has 1 saturated heterocycles. The molecule has 7 nitrogen and oxygen atoms in total. The van der Waals surface area contributed by atoms with E-state index < -0.39 is 0 Å². The number of hydrogen-bond acceptors (Lipinski definition) is 5. The highest BCUT2D eigenvalue weighted by Gasteiger charge is 2.30. The van der Waals surface area contributed by atoms with Crippen LogP contribution in [0.1, 0.15) is 30.4 Å². The van der Waals surface area contributed by atoms with Gasteiger partial charge in [-0.15, -0.1) is 0 Å². The van der Waals surface area contributed by atoms with Gasteiger partial charge < -0.3 is 15.1 Å². The lowest BCUT2D eigenvalue weighted by atomic mass is 10.2. The smallest absolute Gasteiger partial charge is 0.252 e. The van der Waals surface area contributed by atoms with Crippen LogP contribution in [-0.4, -0.2) is 62.3 Å². The van der Waals surface area contributed by atoms with Crippen LogP contribution in [0.25, 0.3) is 10.8 Å². The fourth-order valence-electron chi connectivity index (χ4n) is 4.26. The van der Waals surface area contributed by atoms with Crippen LogP contribution in [0.2, 0.25) is 0 Å². The van der Waals surface area contributed by atoms with Gasteiger partial charge in [0.1, 0.15) is 0 Å². The normalized spacial score (nSPS) is 22.5. The molecule has 3 aliphatic rings. The monoisotopic (exact) mass is 422 g/mol. The number of amides is 1. The van der Waals surface area contributed by atoms with E-state index in [4.69, 9.17) is 10.1 Å². The van der Waals surface area contributed by atoms with Crippen molar-refractivity contribution < 1.29 is 4.79 Å². The predicted octanol–water partition coefficient (Wildman–Crippen LogP) is 2.49. The molecule has 0 spiro atoms. The van der Waals surface area contributed by atoms with E-state index in [2.05, 4.69) is 35.4 Å². The average molecular weight is 422 g/mol. The highest BCUT2D eigenvalue weighted by atomic mass is 31.1. The maximum atomic E-state index is 13.0. The van der Waals surface area contributed by atoms with Gasteiger partial charge in [0.2, 0.25) is 0 Å². The van der Waals surface area contributed by atoms with Crippen molar-refractivity contribution in [3.63, 3.8) is 0 Å². The summed E-state index contributed by atoms with van der Waals surface area (Å²) < 4.78 is 1.92. The van der Waals surface area contributed by atoms with E-state index >= 15 is 0 Å². The third-order valence-electron chi connectivity index (χ3n) is 5.74. The fourth-order valence-corrected chi connectivity index (χ4v) is 5.59. The highest BCUT2D eigenvalue weighted by Crippen LogP contribution is 2.44. The number of aromatic nitrogens is 3. The first-order valence-electron chi connectivity index (χ1n) is 10.6. The van der Waals surface area contributed by atoms with E-state index in [1.165, 1.54) is 0 Å². The summed E-state index contributed by atoms with van der Waals surface area (Å²) in [6, 6.07) is 2.09. The maximum Gasteiger partial charge on any atom is 0.252 e. The number of carbonyl (C=O) groups is 1. The molecule has 2 unspecified atom stereocenters. The molecule has 1 amide bonds. The van der Waals surface area contributed by atoms with Crippen molar-refractivity contribution in [2.75, 3.05) is 26.2 Å². The molecule has 156 valence electrons. The van der Waals surface area contributed by atoms with Crippen molar-refractivity contribution in [1.82, 2.24) is 29.7 Å². The summed E-state index contributed by atoms with van der Waals surface area (Å²) in [5.74, 6) is 0.106. The Balaban J connectivity index is 1.44. The Hall–Kier alpha value is -2.50. The molecule has 0 saturated carbocycles. The molecule has 2 aromatic rings. The number of nitrogens with zero attached hydrogens (tertiary/aromatic N) is 5. The van der Waals surface area contributed by atoms with Gasteiger partial charge in [-0.3, -0.25) is 9.78 Å². The number of fused-ring (bicyclic) bond motifs is 2. The molecule has 0 bridgehead atoms. The second-order valence-electron chi connectivity index (χ2n) is 7.98. The number of rotatable bonds is 4. The van der Waals surface area contributed by atoms with Crippen molar-refractivity contribution in [2.24, 2.45) is 0 Å². The van der Waals surface area contributed by atoms with Gasteiger partial charge in [-0.1, -0.05) is 28.0 Å². The molecular weight excluding hydrogens is 395 g/mol. The number of piperazine rings is 1. The van der Waals surface area contributed by atoms with E-state index in [0.29, 0.717) is 8.58 Å². The van der Waals surface area contributed by atoms with Crippen LogP contribution < -0.4 is 5.32 Å². The minimum Gasteiger partial charge on any atom is -0.368 e. The summed E-state index contributed by atoms with van der Waals surface area (Å²) in [5, 5.41) is 9.19. The lowest BCUT2D eigenvalue weighted by Crippen LogP contribution is -2.44. The molecule has 3 aliphatic heterocycles. The van der Waals surface area contributed by atoms with Gasteiger partial charge in [0.25, 0.3) is 5.91 Å². The van der Waals surface area contributed by atoms with Gasteiger partial charge in [0, 0.05) is 43.8 Å². The molecule has 0 aliphatic carbocycles. The van der Waals surface area contributed by atoms with E-state index in [9.17, 15) is 4.79 Å². The molecule has 8 heteroatoms. The van der Waals surface area contributed by atoms with Crippen molar-refractivity contribution in [1.29, 1.82) is 0 Å². The van der Waals surface area contributed by atoms with Crippen LogP contribution >= 0.6 is 8.58 Å². The van der Waals surface area contributed by atoms with Crippen molar-refractivity contribution in [3.8, 4) is 0 Å². The largest absolute Gasteiger partial charge is 0.368 e. The zero-order valence-corrected chi connectivity index (χ0v) is 18.4. The number of allylic oxidation sites excluding steroid dienone is 1. The molecule has 2 atom stereocenters. The lowest BCUT2D eigenvalue weighted by molar-refractivity contribution is -0.123. The molecule has 0 radical (unpaired) electrons. The Bertz CT molecular complexity index is 1080. The second kappa shape index (κ2) is 7.97. The zero-order valence-electron chi connectivity index (χ0n) is 17.4. The molecule has 2 aromatic heterocycles. The van der Waals surface area contributed by atoms with Gasteiger partial charge in [0.05, 0.1) is 40.3 Å². The summed E-state index contributed by atoms with van der Waals surface area (Å²) >= 11 is 0. The molecule has 1 fully saturated rings. The Morgan fingerprint density at radius 3 is 2.93 bits per heavy atom. The quantitative estimate of drug-likeness (QED) is 0.767. The van der Waals surface area contributed by atoms with Crippen molar-refractivity contribution in [2.45, 2.75) is 32.5 Å². The first-order chi connectivity index (χ1) is 14.6. The number of carbonyl (C=O) groups excluding carboxylic acids is 1. The first kappa shape index (κ1) is 19.5. The fraction of sp³-hybridized carbons (Fsp3) is 0.409. The summed E-state index contributed by atoms with van der Waals surface area (Å²) in [6.07, 6.45) is 12.1. The maximum absolute atomic E-state index is 13.0. The Morgan fingerprint density at radius 1 is 1.30 bits per heavy atom.